The van der Waals surface area contributed by atoms with E-state index in [1.165, 1.54) is 10.5 Å². The third kappa shape index (κ3) is 3.39. The lowest BCUT2D eigenvalue weighted by atomic mass is 10.3. The standard InChI is InChI=1S/C18H16F2N4O2/c1-10(2)21-17(25)15-14-5-3-4-8-24(14)16(23-15)18(26)22-11-6-7-12(19)13(20)9-11/h3-10H,1-2H3,(H,21,25)(H,22,26). The zero-order chi connectivity index (χ0) is 18.8. The van der Waals surface area contributed by atoms with Crippen molar-refractivity contribution in [2.24, 2.45) is 0 Å². The summed E-state index contributed by atoms with van der Waals surface area (Å²) in [5, 5.41) is 5.18. The normalized spacial score (nSPS) is 11.0. The molecule has 0 aliphatic carbocycles. The number of hydrogen-bond acceptors (Lipinski definition) is 3. The second-order valence-electron chi connectivity index (χ2n) is 5.95. The number of benzene rings is 1. The SMILES string of the molecule is CC(C)NC(=O)c1nc(C(=O)Nc2ccc(F)c(F)c2)n2ccccc12. The number of anilines is 1. The molecule has 3 aromatic rings. The van der Waals surface area contributed by atoms with E-state index in [0.29, 0.717) is 5.52 Å². The van der Waals surface area contributed by atoms with Crippen molar-refractivity contribution in [1.82, 2.24) is 14.7 Å². The summed E-state index contributed by atoms with van der Waals surface area (Å²) in [6, 6.07) is 8.00. The van der Waals surface area contributed by atoms with E-state index in [0.717, 1.165) is 12.1 Å². The van der Waals surface area contributed by atoms with Gasteiger partial charge in [0.25, 0.3) is 11.8 Å². The molecule has 2 N–H and O–H groups in total. The molecule has 0 atom stereocenters. The van der Waals surface area contributed by atoms with Gasteiger partial charge in [-0.05, 0) is 38.1 Å². The smallest absolute Gasteiger partial charge is 0.292 e. The predicted octanol–water partition coefficient (Wildman–Crippen LogP) is 3.00. The van der Waals surface area contributed by atoms with Gasteiger partial charge < -0.3 is 10.6 Å². The molecule has 0 saturated heterocycles. The van der Waals surface area contributed by atoms with Gasteiger partial charge in [-0.1, -0.05) is 6.07 Å². The van der Waals surface area contributed by atoms with Crippen LogP contribution in [0, 0.1) is 11.6 Å². The van der Waals surface area contributed by atoms with E-state index in [2.05, 4.69) is 15.6 Å². The number of aromatic nitrogens is 2. The molecule has 0 unspecified atom stereocenters. The van der Waals surface area contributed by atoms with Crippen LogP contribution >= 0.6 is 0 Å². The highest BCUT2D eigenvalue weighted by molar-refractivity contribution is 6.06. The Morgan fingerprint density at radius 1 is 1.08 bits per heavy atom. The number of rotatable bonds is 4. The summed E-state index contributed by atoms with van der Waals surface area (Å²) in [4.78, 5) is 29.0. The van der Waals surface area contributed by atoms with Crippen molar-refractivity contribution in [3.8, 4) is 0 Å². The van der Waals surface area contributed by atoms with Crippen molar-refractivity contribution >= 4 is 23.0 Å². The molecule has 0 aliphatic rings. The molecule has 3 rings (SSSR count). The topological polar surface area (TPSA) is 75.5 Å². The molecule has 2 heterocycles. The van der Waals surface area contributed by atoms with Gasteiger partial charge in [0, 0.05) is 24.0 Å². The molecule has 0 radical (unpaired) electrons. The van der Waals surface area contributed by atoms with E-state index < -0.39 is 23.4 Å². The average molecular weight is 358 g/mol. The minimum absolute atomic E-state index is 0.0424. The van der Waals surface area contributed by atoms with Crippen LogP contribution in [-0.2, 0) is 0 Å². The third-order valence-corrected chi connectivity index (χ3v) is 3.56. The Balaban J connectivity index is 1.97. The number of fused-ring (bicyclic) bond motifs is 1. The number of carbonyl (C=O) groups is 2. The first-order valence-electron chi connectivity index (χ1n) is 7.91. The van der Waals surface area contributed by atoms with E-state index in [-0.39, 0.29) is 23.2 Å². The first-order chi connectivity index (χ1) is 12.4. The summed E-state index contributed by atoms with van der Waals surface area (Å²) in [5.74, 6) is -3.19. The molecule has 2 amide bonds. The Kier molecular flexibility index (Phi) is 4.66. The van der Waals surface area contributed by atoms with Gasteiger partial charge in [-0.2, -0.15) is 0 Å². The number of carbonyl (C=O) groups excluding carboxylic acids is 2. The number of hydrogen-bond donors (Lipinski definition) is 2. The fourth-order valence-electron chi connectivity index (χ4n) is 2.46. The summed E-state index contributed by atoms with van der Waals surface area (Å²) in [6.45, 7) is 3.62. The van der Waals surface area contributed by atoms with Gasteiger partial charge in [0.15, 0.2) is 17.3 Å². The van der Waals surface area contributed by atoms with Crippen LogP contribution in [0.5, 0.6) is 0 Å². The zero-order valence-electron chi connectivity index (χ0n) is 14.1. The first-order valence-corrected chi connectivity index (χ1v) is 7.91. The molecule has 0 bridgehead atoms. The van der Waals surface area contributed by atoms with Crippen molar-refractivity contribution in [1.29, 1.82) is 0 Å². The first kappa shape index (κ1) is 17.5. The highest BCUT2D eigenvalue weighted by Crippen LogP contribution is 2.17. The molecule has 0 aliphatic heterocycles. The maximum absolute atomic E-state index is 13.3. The summed E-state index contributed by atoms with van der Waals surface area (Å²) < 4.78 is 27.8. The molecule has 6 nitrogen and oxygen atoms in total. The van der Waals surface area contributed by atoms with Gasteiger partial charge in [0.1, 0.15) is 0 Å². The molecule has 0 saturated carbocycles. The van der Waals surface area contributed by atoms with Crippen molar-refractivity contribution in [2.75, 3.05) is 5.32 Å². The van der Waals surface area contributed by atoms with Gasteiger partial charge in [-0.3, -0.25) is 14.0 Å². The van der Waals surface area contributed by atoms with Crippen LogP contribution in [0.3, 0.4) is 0 Å². The maximum atomic E-state index is 13.3. The summed E-state index contributed by atoms with van der Waals surface area (Å²) in [5.41, 5.74) is 0.644. The van der Waals surface area contributed by atoms with Gasteiger partial charge in [0.05, 0.1) is 5.52 Å². The van der Waals surface area contributed by atoms with E-state index in [1.54, 1.807) is 24.4 Å². The van der Waals surface area contributed by atoms with Gasteiger partial charge in [-0.25, -0.2) is 13.8 Å². The summed E-state index contributed by atoms with van der Waals surface area (Å²) in [7, 11) is 0. The molecule has 1 aromatic carbocycles. The molecule has 0 spiro atoms. The summed E-state index contributed by atoms with van der Waals surface area (Å²) in [6.07, 6.45) is 1.59. The predicted molar refractivity (Wildman–Crippen MR) is 92.1 cm³/mol. The second-order valence-corrected chi connectivity index (χ2v) is 5.95. The van der Waals surface area contributed by atoms with Crippen LogP contribution in [0.25, 0.3) is 5.52 Å². The maximum Gasteiger partial charge on any atom is 0.292 e. The average Bonchev–Trinajstić information content (AvgIpc) is 2.97. The van der Waals surface area contributed by atoms with Crippen LogP contribution in [-0.4, -0.2) is 27.2 Å². The Bertz CT molecular complexity index is 998. The fraction of sp³-hybridized carbons (Fsp3) is 0.167. The lowest BCUT2D eigenvalue weighted by Gasteiger charge is -2.06. The lowest BCUT2D eigenvalue weighted by molar-refractivity contribution is 0.0940. The van der Waals surface area contributed by atoms with E-state index in [9.17, 15) is 18.4 Å². The number of halogens is 2. The van der Waals surface area contributed by atoms with Crippen LogP contribution in [0.2, 0.25) is 0 Å². The number of amides is 2. The number of nitrogens with zero attached hydrogens (tertiary/aromatic N) is 2. The van der Waals surface area contributed by atoms with Crippen LogP contribution in [0.4, 0.5) is 14.5 Å². The molecular weight excluding hydrogens is 342 g/mol. The monoisotopic (exact) mass is 358 g/mol. The van der Waals surface area contributed by atoms with E-state index >= 15 is 0 Å². The highest BCUT2D eigenvalue weighted by atomic mass is 19.2. The third-order valence-electron chi connectivity index (χ3n) is 3.56. The van der Waals surface area contributed by atoms with Crippen LogP contribution in [0.1, 0.15) is 35.0 Å². The minimum Gasteiger partial charge on any atom is -0.348 e. The van der Waals surface area contributed by atoms with E-state index in [1.807, 2.05) is 13.8 Å². The molecule has 0 fully saturated rings. The van der Waals surface area contributed by atoms with Crippen LogP contribution in [0.15, 0.2) is 42.6 Å². The Morgan fingerprint density at radius 2 is 1.85 bits per heavy atom. The number of pyridine rings is 1. The molecule has 134 valence electrons. The Morgan fingerprint density at radius 3 is 2.54 bits per heavy atom. The largest absolute Gasteiger partial charge is 0.348 e. The zero-order valence-corrected chi connectivity index (χ0v) is 14.1. The van der Waals surface area contributed by atoms with Crippen molar-refractivity contribution in [3.05, 3.63) is 65.7 Å². The van der Waals surface area contributed by atoms with Crippen molar-refractivity contribution in [3.63, 3.8) is 0 Å². The quantitative estimate of drug-likeness (QED) is 0.753. The minimum atomic E-state index is -1.08. The summed E-state index contributed by atoms with van der Waals surface area (Å²) >= 11 is 0. The van der Waals surface area contributed by atoms with Crippen molar-refractivity contribution < 1.29 is 18.4 Å². The highest BCUT2D eigenvalue weighted by Gasteiger charge is 2.22. The van der Waals surface area contributed by atoms with Crippen molar-refractivity contribution in [2.45, 2.75) is 19.9 Å². The Hall–Kier alpha value is -3.29. The van der Waals surface area contributed by atoms with Gasteiger partial charge in [-0.15, -0.1) is 0 Å². The molecule has 26 heavy (non-hydrogen) atoms. The van der Waals surface area contributed by atoms with E-state index in [4.69, 9.17) is 0 Å². The van der Waals surface area contributed by atoms with Gasteiger partial charge >= 0.3 is 0 Å². The lowest BCUT2D eigenvalue weighted by Crippen LogP contribution is -2.30. The van der Waals surface area contributed by atoms with Crippen LogP contribution < -0.4 is 10.6 Å². The Labute approximate surface area is 147 Å². The molecule has 8 heteroatoms. The van der Waals surface area contributed by atoms with Gasteiger partial charge in [0.2, 0.25) is 5.82 Å². The number of nitrogens with one attached hydrogen (secondary N) is 2. The fourth-order valence-corrected chi connectivity index (χ4v) is 2.46. The second kappa shape index (κ2) is 6.91. The molecule has 2 aromatic heterocycles. The number of imidazole rings is 1. The molecular formula is C18H16F2N4O2.